The number of likely N-dealkylation sites (tertiary alicyclic amines) is 1. The fourth-order valence-electron chi connectivity index (χ4n) is 5.31. The fraction of sp³-hybridized carbons (Fsp3) is 0.348. The lowest BCUT2D eigenvalue weighted by atomic mass is 9.67. The van der Waals surface area contributed by atoms with Crippen molar-refractivity contribution in [3.63, 3.8) is 0 Å². The van der Waals surface area contributed by atoms with Gasteiger partial charge in [0, 0.05) is 19.3 Å². The molecule has 152 valence electrons. The largest absolute Gasteiger partial charge is 0.508 e. The highest BCUT2D eigenvalue weighted by Crippen LogP contribution is 2.44. The summed E-state index contributed by atoms with van der Waals surface area (Å²) in [7, 11) is 2.18. The summed E-state index contributed by atoms with van der Waals surface area (Å²) in [5.74, 6) is 2.64. The van der Waals surface area contributed by atoms with E-state index >= 15 is 0 Å². The van der Waals surface area contributed by atoms with E-state index in [1.807, 2.05) is 29.1 Å². The van der Waals surface area contributed by atoms with E-state index in [4.69, 9.17) is 10.1 Å². The van der Waals surface area contributed by atoms with Gasteiger partial charge >= 0.3 is 0 Å². The van der Waals surface area contributed by atoms with Crippen LogP contribution in [0, 0.1) is 11.8 Å². The van der Waals surface area contributed by atoms with Gasteiger partial charge in [0.1, 0.15) is 11.3 Å². The summed E-state index contributed by atoms with van der Waals surface area (Å²) < 4.78 is 1.95. The van der Waals surface area contributed by atoms with Gasteiger partial charge in [0.25, 0.3) is 0 Å². The van der Waals surface area contributed by atoms with E-state index in [1.165, 1.54) is 16.8 Å². The molecule has 2 unspecified atom stereocenters. The molecule has 2 aliphatic rings. The van der Waals surface area contributed by atoms with Gasteiger partial charge in [-0.2, -0.15) is 5.10 Å². The number of aromatic amines is 1. The summed E-state index contributed by atoms with van der Waals surface area (Å²) in [4.78, 5) is 14.6. The third kappa shape index (κ3) is 2.81. The number of phenolic OH excluding ortho intramolecular Hbond substituents is 1. The molecule has 0 spiro atoms. The second-order valence-corrected chi connectivity index (χ2v) is 8.74. The number of hydrogen-bond donors (Lipinski definition) is 2. The van der Waals surface area contributed by atoms with Gasteiger partial charge in [-0.1, -0.05) is 12.1 Å². The van der Waals surface area contributed by atoms with Crippen LogP contribution in [0.3, 0.4) is 0 Å². The lowest BCUT2D eigenvalue weighted by molar-refractivity contribution is 0.0662. The molecule has 4 aromatic rings. The molecule has 7 heteroatoms. The van der Waals surface area contributed by atoms with E-state index in [0.29, 0.717) is 23.5 Å². The second-order valence-electron chi connectivity index (χ2n) is 8.74. The molecule has 4 heterocycles. The Hall–Kier alpha value is -3.19. The number of nitrogens with zero attached hydrogens (tertiary/aromatic N) is 5. The minimum Gasteiger partial charge on any atom is -0.508 e. The topological polar surface area (TPSA) is 82.9 Å². The number of nitrogens with one attached hydrogen (secondary N) is 1. The lowest BCUT2D eigenvalue weighted by Crippen LogP contribution is -2.50. The minimum absolute atomic E-state index is 0.334. The number of hydrogen-bond acceptors (Lipinski definition) is 5. The normalized spacial score (nSPS) is 22.2. The molecular formula is C23H24N6O. The van der Waals surface area contributed by atoms with Crippen molar-refractivity contribution in [1.82, 2.24) is 29.6 Å². The standard InChI is InChI=1S/C23H24N6O/c1-28-12-16(13-28)18-8-15-10-25-29(23-26-20-5-6-24-11-21(20)27-23)22(15)9-19(18)14-3-2-4-17(30)7-14/h2-7,10-11,16,18-19,30H,8-9,12-13H2,1H3,(H,26,27). The van der Waals surface area contributed by atoms with Gasteiger partial charge in [-0.15, -0.1) is 0 Å². The zero-order valence-electron chi connectivity index (χ0n) is 16.9. The number of benzene rings is 1. The predicted molar refractivity (Wildman–Crippen MR) is 114 cm³/mol. The van der Waals surface area contributed by atoms with E-state index < -0.39 is 0 Å². The molecule has 0 bridgehead atoms. The molecule has 1 aliphatic heterocycles. The van der Waals surface area contributed by atoms with Crippen LogP contribution in [0.5, 0.6) is 5.75 Å². The zero-order chi connectivity index (χ0) is 20.2. The third-order valence-electron chi connectivity index (χ3n) is 6.81. The molecule has 2 atom stereocenters. The van der Waals surface area contributed by atoms with Crippen LogP contribution in [0.15, 0.2) is 48.9 Å². The van der Waals surface area contributed by atoms with Crippen molar-refractivity contribution >= 4 is 11.0 Å². The van der Waals surface area contributed by atoms with E-state index in [1.54, 1.807) is 18.5 Å². The molecule has 3 aromatic heterocycles. The number of H-pyrrole nitrogens is 1. The molecule has 0 radical (unpaired) electrons. The number of aromatic nitrogens is 5. The van der Waals surface area contributed by atoms with Gasteiger partial charge in [-0.25, -0.2) is 9.67 Å². The third-order valence-corrected chi connectivity index (χ3v) is 6.81. The van der Waals surface area contributed by atoms with Crippen LogP contribution in [0.1, 0.15) is 22.7 Å². The van der Waals surface area contributed by atoms with Crippen molar-refractivity contribution in [2.75, 3.05) is 20.1 Å². The van der Waals surface area contributed by atoms with E-state index in [-0.39, 0.29) is 0 Å². The summed E-state index contributed by atoms with van der Waals surface area (Å²) in [5, 5.41) is 14.8. The number of pyridine rings is 1. The van der Waals surface area contributed by atoms with Crippen LogP contribution < -0.4 is 0 Å². The summed E-state index contributed by atoms with van der Waals surface area (Å²) >= 11 is 0. The quantitative estimate of drug-likeness (QED) is 0.553. The second kappa shape index (κ2) is 6.67. The van der Waals surface area contributed by atoms with E-state index in [2.05, 4.69) is 28.0 Å². The van der Waals surface area contributed by atoms with Crippen molar-refractivity contribution < 1.29 is 5.11 Å². The van der Waals surface area contributed by atoms with Crippen LogP contribution in [-0.4, -0.2) is 54.9 Å². The first-order chi connectivity index (χ1) is 14.7. The molecule has 1 aromatic carbocycles. The van der Waals surface area contributed by atoms with Crippen LogP contribution in [-0.2, 0) is 12.8 Å². The summed E-state index contributed by atoms with van der Waals surface area (Å²) in [5.41, 5.74) is 5.53. The number of imidazole rings is 1. The van der Waals surface area contributed by atoms with E-state index in [0.717, 1.165) is 42.9 Å². The molecule has 1 aliphatic carbocycles. The molecular weight excluding hydrogens is 376 g/mol. The molecule has 30 heavy (non-hydrogen) atoms. The van der Waals surface area contributed by atoms with Crippen LogP contribution in [0.4, 0.5) is 0 Å². The highest BCUT2D eigenvalue weighted by atomic mass is 16.3. The maximum atomic E-state index is 10.1. The van der Waals surface area contributed by atoms with Gasteiger partial charge in [0.05, 0.1) is 23.6 Å². The summed E-state index contributed by atoms with van der Waals surface area (Å²) in [6, 6.07) is 9.71. The maximum Gasteiger partial charge on any atom is 0.229 e. The van der Waals surface area contributed by atoms with Crippen LogP contribution in [0.25, 0.3) is 17.0 Å². The SMILES string of the molecule is CN1CC(C2Cc3cnn(-c4nc5cnccc5[nH]4)c3CC2c2cccc(O)c2)C1. The predicted octanol–water partition coefficient (Wildman–Crippen LogP) is 2.91. The Morgan fingerprint density at radius 1 is 1.13 bits per heavy atom. The number of rotatable bonds is 3. The molecule has 0 amide bonds. The first-order valence-corrected chi connectivity index (χ1v) is 10.5. The van der Waals surface area contributed by atoms with Crippen molar-refractivity contribution in [2.45, 2.75) is 18.8 Å². The van der Waals surface area contributed by atoms with Crippen molar-refractivity contribution in [2.24, 2.45) is 11.8 Å². The molecule has 1 fully saturated rings. The molecule has 1 saturated heterocycles. The average molecular weight is 400 g/mol. The first kappa shape index (κ1) is 17.7. The van der Waals surface area contributed by atoms with Gasteiger partial charge in [-0.3, -0.25) is 4.98 Å². The summed E-state index contributed by atoms with van der Waals surface area (Å²) in [6.45, 7) is 2.28. The molecule has 6 rings (SSSR count). The highest BCUT2D eigenvalue weighted by Gasteiger charge is 2.41. The Balaban J connectivity index is 1.41. The van der Waals surface area contributed by atoms with Gasteiger partial charge in [-0.05, 0) is 67.0 Å². The van der Waals surface area contributed by atoms with Gasteiger partial charge in [0.2, 0.25) is 5.95 Å². The Bertz CT molecular complexity index is 1190. The average Bonchev–Trinajstić information content (AvgIpc) is 3.33. The molecule has 0 saturated carbocycles. The maximum absolute atomic E-state index is 10.1. The fourth-order valence-corrected chi connectivity index (χ4v) is 5.31. The molecule has 7 nitrogen and oxygen atoms in total. The van der Waals surface area contributed by atoms with E-state index in [9.17, 15) is 5.11 Å². The van der Waals surface area contributed by atoms with Gasteiger partial charge in [0.15, 0.2) is 0 Å². The molecule has 2 N–H and O–H groups in total. The minimum atomic E-state index is 0.334. The van der Waals surface area contributed by atoms with Crippen LogP contribution in [0.2, 0.25) is 0 Å². The lowest BCUT2D eigenvalue weighted by Gasteiger charge is -2.46. The van der Waals surface area contributed by atoms with Crippen LogP contribution >= 0.6 is 0 Å². The van der Waals surface area contributed by atoms with Crippen molar-refractivity contribution in [1.29, 1.82) is 0 Å². The summed E-state index contributed by atoms with van der Waals surface area (Å²) in [6.07, 6.45) is 7.44. The Morgan fingerprint density at radius 2 is 2.03 bits per heavy atom. The first-order valence-electron chi connectivity index (χ1n) is 10.5. The van der Waals surface area contributed by atoms with Gasteiger partial charge < -0.3 is 15.0 Å². The monoisotopic (exact) mass is 400 g/mol. The smallest absolute Gasteiger partial charge is 0.229 e. The highest BCUT2D eigenvalue weighted by molar-refractivity contribution is 5.74. The van der Waals surface area contributed by atoms with Crippen molar-refractivity contribution in [3.05, 3.63) is 65.7 Å². The number of fused-ring (bicyclic) bond motifs is 2. The zero-order valence-corrected chi connectivity index (χ0v) is 16.9. The number of phenols is 1. The Morgan fingerprint density at radius 3 is 2.83 bits per heavy atom. The Labute approximate surface area is 174 Å². The Kier molecular flexibility index (Phi) is 3.92. The number of aromatic hydroxyl groups is 1. The van der Waals surface area contributed by atoms with Crippen molar-refractivity contribution in [3.8, 4) is 11.7 Å².